The Morgan fingerprint density at radius 2 is 2.17 bits per heavy atom. The zero-order chi connectivity index (χ0) is 8.97. The molecule has 1 aromatic carbocycles. The van der Waals surface area contributed by atoms with Gasteiger partial charge in [0.05, 0.1) is 4.47 Å². The van der Waals surface area contributed by atoms with E-state index in [1.807, 2.05) is 0 Å². The summed E-state index contributed by atoms with van der Waals surface area (Å²) in [4.78, 5) is 0. The minimum atomic E-state index is -0.216. The second-order valence-corrected chi connectivity index (χ2v) is 3.50. The predicted octanol–water partition coefficient (Wildman–Crippen LogP) is 2.48. The molecule has 2 N–H and O–H groups in total. The molecule has 0 radical (unpaired) electrons. The molecule has 0 bridgehead atoms. The molecule has 66 valence electrons. The lowest BCUT2D eigenvalue weighted by Gasteiger charge is -2.00. The molecule has 0 saturated heterocycles. The Morgan fingerprint density at radius 1 is 1.42 bits per heavy atom. The second-order valence-electron chi connectivity index (χ2n) is 2.64. The molecule has 0 spiro atoms. The van der Waals surface area contributed by atoms with E-state index < -0.39 is 0 Å². The van der Waals surface area contributed by atoms with Crippen molar-refractivity contribution >= 4 is 15.9 Å². The molecule has 0 atom stereocenters. The summed E-state index contributed by atoms with van der Waals surface area (Å²) in [6.45, 7) is 0.676. The van der Waals surface area contributed by atoms with E-state index >= 15 is 0 Å². The smallest absolute Gasteiger partial charge is 0.137 e. The van der Waals surface area contributed by atoms with Crippen molar-refractivity contribution in [1.82, 2.24) is 0 Å². The first-order valence-electron chi connectivity index (χ1n) is 3.88. The van der Waals surface area contributed by atoms with Crippen molar-refractivity contribution in [3.05, 3.63) is 34.1 Å². The molecule has 0 aliphatic rings. The van der Waals surface area contributed by atoms with Crippen LogP contribution in [0.5, 0.6) is 0 Å². The molecule has 0 aromatic heterocycles. The minimum absolute atomic E-state index is 0.216. The van der Waals surface area contributed by atoms with Gasteiger partial charge in [0, 0.05) is 0 Å². The standard InChI is InChI=1S/C9H11BrFN/c10-8-6-7(2-1-5-12)3-4-9(8)11/h3-4,6H,1-2,5,12H2. The van der Waals surface area contributed by atoms with Crippen LogP contribution in [0.25, 0.3) is 0 Å². The molecule has 1 aromatic rings. The highest BCUT2D eigenvalue weighted by Crippen LogP contribution is 2.17. The largest absolute Gasteiger partial charge is 0.330 e. The summed E-state index contributed by atoms with van der Waals surface area (Å²) in [5, 5.41) is 0. The number of halogens is 2. The zero-order valence-corrected chi connectivity index (χ0v) is 8.27. The Kier molecular flexibility index (Phi) is 3.69. The molecular formula is C9H11BrFN. The van der Waals surface area contributed by atoms with Gasteiger partial charge >= 0.3 is 0 Å². The van der Waals surface area contributed by atoms with Gasteiger partial charge in [0.1, 0.15) is 5.82 Å². The molecule has 0 heterocycles. The van der Waals surface area contributed by atoms with E-state index in [-0.39, 0.29) is 5.82 Å². The van der Waals surface area contributed by atoms with Crippen molar-refractivity contribution in [2.24, 2.45) is 5.73 Å². The highest BCUT2D eigenvalue weighted by molar-refractivity contribution is 9.10. The number of benzene rings is 1. The van der Waals surface area contributed by atoms with Crippen LogP contribution in [0.2, 0.25) is 0 Å². The van der Waals surface area contributed by atoms with E-state index in [0.29, 0.717) is 11.0 Å². The van der Waals surface area contributed by atoms with Crippen LogP contribution < -0.4 is 5.73 Å². The maximum atomic E-state index is 12.7. The van der Waals surface area contributed by atoms with Crippen molar-refractivity contribution in [3.63, 3.8) is 0 Å². The van der Waals surface area contributed by atoms with Gasteiger partial charge in [-0.25, -0.2) is 4.39 Å². The van der Waals surface area contributed by atoms with Gasteiger partial charge in [-0.1, -0.05) is 6.07 Å². The number of hydrogen-bond acceptors (Lipinski definition) is 1. The summed E-state index contributed by atoms with van der Waals surface area (Å²) in [6.07, 6.45) is 1.85. The summed E-state index contributed by atoms with van der Waals surface area (Å²) in [5.41, 5.74) is 6.48. The normalized spacial score (nSPS) is 10.2. The Labute approximate surface area is 79.9 Å². The molecule has 1 nitrogen and oxygen atoms in total. The third kappa shape index (κ3) is 2.57. The third-order valence-corrected chi connectivity index (χ3v) is 2.26. The lowest BCUT2D eigenvalue weighted by Crippen LogP contribution is -2.00. The summed E-state index contributed by atoms with van der Waals surface area (Å²) in [5.74, 6) is -0.216. The van der Waals surface area contributed by atoms with Gasteiger partial charge in [-0.2, -0.15) is 0 Å². The molecule has 3 heteroatoms. The van der Waals surface area contributed by atoms with E-state index in [1.54, 1.807) is 12.1 Å². The number of aryl methyl sites for hydroxylation is 1. The SMILES string of the molecule is NCCCc1ccc(F)c(Br)c1. The summed E-state index contributed by atoms with van der Waals surface area (Å²) >= 11 is 3.13. The van der Waals surface area contributed by atoms with Crippen LogP contribution >= 0.6 is 15.9 Å². The Hall–Kier alpha value is -0.410. The highest BCUT2D eigenvalue weighted by atomic mass is 79.9. The molecule has 12 heavy (non-hydrogen) atoms. The van der Waals surface area contributed by atoms with Gasteiger partial charge < -0.3 is 5.73 Å². The van der Waals surface area contributed by atoms with E-state index in [2.05, 4.69) is 15.9 Å². The van der Waals surface area contributed by atoms with E-state index in [1.165, 1.54) is 6.07 Å². The fourth-order valence-electron chi connectivity index (χ4n) is 1.00. The predicted molar refractivity (Wildman–Crippen MR) is 51.5 cm³/mol. The molecule has 0 saturated carbocycles. The first kappa shape index (κ1) is 9.68. The second kappa shape index (κ2) is 4.58. The molecule has 0 fully saturated rings. The molecule has 0 aliphatic heterocycles. The van der Waals surface area contributed by atoms with E-state index in [4.69, 9.17) is 5.73 Å². The molecule has 0 amide bonds. The molecular weight excluding hydrogens is 221 g/mol. The number of rotatable bonds is 3. The molecule has 0 unspecified atom stereocenters. The lowest BCUT2D eigenvalue weighted by atomic mass is 10.1. The van der Waals surface area contributed by atoms with Crippen LogP contribution in [0.4, 0.5) is 4.39 Å². The minimum Gasteiger partial charge on any atom is -0.330 e. The van der Waals surface area contributed by atoms with Crippen molar-refractivity contribution < 1.29 is 4.39 Å². The van der Waals surface area contributed by atoms with Crippen molar-refractivity contribution in [3.8, 4) is 0 Å². The summed E-state index contributed by atoms with van der Waals surface area (Å²) in [7, 11) is 0. The fourth-order valence-corrected chi connectivity index (χ4v) is 1.43. The average Bonchev–Trinajstić information content (AvgIpc) is 2.07. The van der Waals surface area contributed by atoms with Crippen LogP contribution in [0.1, 0.15) is 12.0 Å². The average molecular weight is 232 g/mol. The van der Waals surface area contributed by atoms with Crippen LogP contribution in [0.15, 0.2) is 22.7 Å². The Balaban J connectivity index is 2.69. The topological polar surface area (TPSA) is 26.0 Å². The van der Waals surface area contributed by atoms with E-state index in [0.717, 1.165) is 18.4 Å². The van der Waals surface area contributed by atoms with Gasteiger partial charge in [-0.15, -0.1) is 0 Å². The highest BCUT2D eigenvalue weighted by Gasteiger charge is 1.99. The number of nitrogens with two attached hydrogens (primary N) is 1. The molecule has 0 aliphatic carbocycles. The van der Waals surface area contributed by atoms with Crippen LogP contribution in [-0.2, 0) is 6.42 Å². The third-order valence-electron chi connectivity index (χ3n) is 1.65. The van der Waals surface area contributed by atoms with Crippen molar-refractivity contribution in [2.45, 2.75) is 12.8 Å². The van der Waals surface area contributed by atoms with Crippen LogP contribution in [0.3, 0.4) is 0 Å². The lowest BCUT2D eigenvalue weighted by molar-refractivity contribution is 0.620. The van der Waals surface area contributed by atoms with Crippen LogP contribution in [-0.4, -0.2) is 6.54 Å². The zero-order valence-electron chi connectivity index (χ0n) is 6.69. The number of hydrogen-bond donors (Lipinski definition) is 1. The Bertz CT molecular complexity index is 263. The first-order valence-corrected chi connectivity index (χ1v) is 4.67. The van der Waals surface area contributed by atoms with Gasteiger partial charge in [0.25, 0.3) is 0 Å². The summed E-state index contributed by atoms with van der Waals surface area (Å²) in [6, 6.07) is 5.05. The quantitative estimate of drug-likeness (QED) is 0.851. The maximum absolute atomic E-state index is 12.7. The van der Waals surface area contributed by atoms with Gasteiger partial charge in [0.2, 0.25) is 0 Å². The van der Waals surface area contributed by atoms with Crippen molar-refractivity contribution in [2.75, 3.05) is 6.54 Å². The van der Waals surface area contributed by atoms with Crippen molar-refractivity contribution in [1.29, 1.82) is 0 Å². The molecule has 1 rings (SSSR count). The van der Waals surface area contributed by atoms with E-state index in [9.17, 15) is 4.39 Å². The first-order chi connectivity index (χ1) is 5.74. The summed E-state index contributed by atoms with van der Waals surface area (Å²) < 4.78 is 13.3. The maximum Gasteiger partial charge on any atom is 0.137 e. The fraction of sp³-hybridized carbons (Fsp3) is 0.333. The van der Waals surface area contributed by atoms with Gasteiger partial charge in [-0.05, 0) is 53.0 Å². The van der Waals surface area contributed by atoms with Gasteiger partial charge in [0.15, 0.2) is 0 Å². The van der Waals surface area contributed by atoms with Gasteiger partial charge in [-0.3, -0.25) is 0 Å². The monoisotopic (exact) mass is 231 g/mol. The van der Waals surface area contributed by atoms with Crippen LogP contribution in [0, 0.1) is 5.82 Å². The Morgan fingerprint density at radius 3 is 2.75 bits per heavy atom.